The molecule has 1 aliphatic carbocycles. The minimum atomic E-state index is -0.872. The van der Waals surface area contributed by atoms with Gasteiger partial charge in [0, 0.05) is 18.8 Å². The molecule has 0 radical (unpaired) electrons. The molecule has 1 fully saturated rings. The highest BCUT2D eigenvalue weighted by Crippen LogP contribution is 2.30. The number of benzene rings is 1. The molecule has 1 aromatic carbocycles. The summed E-state index contributed by atoms with van der Waals surface area (Å²) in [5.41, 5.74) is 0.628. The van der Waals surface area contributed by atoms with Crippen LogP contribution in [-0.4, -0.2) is 39.7 Å². The molecule has 2 aromatic rings. The Morgan fingerprint density at radius 3 is 2.62 bits per heavy atom. The van der Waals surface area contributed by atoms with Gasteiger partial charge in [-0.15, -0.1) is 0 Å². The van der Waals surface area contributed by atoms with Crippen molar-refractivity contribution in [1.82, 2.24) is 15.1 Å². The van der Waals surface area contributed by atoms with Gasteiger partial charge in [0.25, 0.3) is 0 Å². The van der Waals surface area contributed by atoms with E-state index in [1.807, 2.05) is 6.07 Å². The van der Waals surface area contributed by atoms with Gasteiger partial charge >= 0.3 is 5.97 Å². The van der Waals surface area contributed by atoms with Crippen molar-refractivity contribution < 1.29 is 19.1 Å². The van der Waals surface area contributed by atoms with Crippen molar-refractivity contribution in [3.63, 3.8) is 0 Å². The zero-order chi connectivity index (χ0) is 20.9. The van der Waals surface area contributed by atoms with Crippen molar-refractivity contribution in [3.8, 4) is 5.69 Å². The quantitative estimate of drug-likeness (QED) is 0.729. The Hall–Kier alpha value is -3.16. The molecule has 0 atom stereocenters. The van der Waals surface area contributed by atoms with Crippen LogP contribution in [0.2, 0.25) is 0 Å². The monoisotopic (exact) mass is 398 g/mol. The number of amides is 2. The van der Waals surface area contributed by atoms with Crippen LogP contribution in [0.3, 0.4) is 0 Å². The molecule has 8 nitrogen and oxygen atoms in total. The SMILES string of the molecule is CCOC(=O)c1ccn(-c2cccc(NC(=O)C3(NC(C)=O)CCCCC3)c2)n1. The number of anilines is 1. The van der Waals surface area contributed by atoms with Gasteiger partial charge in [-0.1, -0.05) is 25.3 Å². The van der Waals surface area contributed by atoms with Crippen LogP contribution in [0.25, 0.3) is 5.69 Å². The van der Waals surface area contributed by atoms with Crippen molar-refractivity contribution in [1.29, 1.82) is 0 Å². The predicted molar refractivity (Wildman–Crippen MR) is 108 cm³/mol. The van der Waals surface area contributed by atoms with Crippen molar-refractivity contribution in [3.05, 3.63) is 42.2 Å². The van der Waals surface area contributed by atoms with Gasteiger partial charge in [-0.2, -0.15) is 5.10 Å². The molecular weight excluding hydrogens is 372 g/mol. The molecule has 0 spiro atoms. The Balaban J connectivity index is 1.78. The third-order valence-electron chi connectivity index (χ3n) is 5.00. The van der Waals surface area contributed by atoms with Crippen molar-refractivity contribution in [2.24, 2.45) is 0 Å². The number of aromatic nitrogens is 2. The predicted octanol–water partition coefficient (Wildman–Crippen LogP) is 2.83. The van der Waals surface area contributed by atoms with Crippen molar-refractivity contribution in [2.45, 2.75) is 51.5 Å². The van der Waals surface area contributed by atoms with Crippen LogP contribution in [0.5, 0.6) is 0 Å². The minimum Gasteiger partial charge on any atom is -0.461 e. The summed E-state index contributed by atoms with van der Waals surface area (Å²) in [6.45, 7) is 3.45. The number of carbonyl (C=O) groups is 3. The van der Waals surface area contributed by atoms with Crippen LogP contribution in [0.1, 0.15) is 56.4 Å². The lowest BCUT2D eigenvalue weighted by atomic mass is 9.80. The lowest BCUT2D eigenvalue weighted by Gasteiger charge is -2.36. The van der Waals surface area contributed by atoms with Gasteiger partial charge in [0.05, 0.1) is 12.3 Å². The second-order valence-corrected chi connectivity index (χ2v) is 7.19. The number of rotatable bonds is 6. The Bertz CT molecular complexity index is 900. The minimum absolute atomic E-state index is 0.209. The molecule has 8 heteroatoms. The van der Waals surface area contributed by atoms with E-state index in [-0.39, 0.29) is 24.1 Å². The maximum atomic E-state index is 13.0. The van der Waals surface area contributed by atoms with Crippen molar-refractivity contribution >= 4 is 23.5 Å². The Labute approximate surface area is 169 Å². The second-order valence-electron chi connectivity index (χ2n) is 7.19. The topological polar surface area (TPSA) is 102 Å². The van der Waals surface area contributed by atoms with Gasteiger partial charge in [-0.05, 0) is 44.0 Å². The number of esters is 1. The molecule has 1 saturated carbocycles. The first kappa shape index (κ1) is 20.6. The van der Waals surface area contributed by atoms with Crippen LogP contribution in [0.4, 0.5) is 5.69 Å². The number of nitrogens with one attached hydrogen (secondary N) is 2. The lowest BCUT2D eigenvalue weighted by molar-refractivity contribution is -0.130. The first-order chi connectivity index (χ1) is 13.9. The fourth-order valence-corrected chi connectivity index (χ4v) is 3.66. The molecule has 2 amide bonds. The summed E-state index contributed by atoms with van der Waals surface area (Å²) in [6, 6.07) is 8.74. The highest BCUT2D eigenvalue weighted by molar-refractivity contribution is 6.00. The molecule has 0 saturated heterocycles. The summed E-state index contributed by atoms with van der Waals surface area (Å²) in [4.78, 5) is 36.5. The molecule has 0 unspecified atom stereocenters. The van der Waals surface area contributed by atoms with Gasteiger partial charge < -0.3 is 15.4 Å². The fourth-order valence-electron chi connectivity index (χ4n) is 3.66. The summed E-state index contributed by atoms with van der Waals surface area (Å²) < 4.78 is 6.50. The largest absolute Gasteiger partial charge is 0.461 e. The summed E-state index contributed by atoms with van der Waals surface area (Å²) >= 11 is 0. The summed E-state index contributed by atoms with van der Waals surface area (Å²) in [5, 5.41) is 10.0. The second kappa shape index (κ2) is 8.89. The van der Waals surface area contributed by atoms with E-state index >= 15 is 0 Å². The highest BCUT2D eigenvalue weighted by Gasteiger charge is 2.40. The molecule has 3 rings (SSSR count). The fraction of sp³-hybridized carbons (Fsp3) is 0.429. The van der Waals surface area contributed by atoms with E-state index in [9.17, 15) is 14.4 Å². The first-order valence-electron chi connectivity index (χ1n) is 9.87. The van der Waals surface area contributed by atoms with Gasteiger partial charge in [-0.25, -0.2) is 9.48 Å². The van der Waals surface area contributed by atoms with Crippen LogP contribution in [0.15, 0.2) is 36.5 Å². The molecule has 0 aliphatic heterocycles. The Morgan fingerprint density at radius 2 is 1.93 bits per heavy atom. The smallest absolute Gasteiger partial charge is 0.358 e. The highest BCUT2D eigenvalue weighted by atomic mass is 16.5. The molecular formula is C21H26N4O4. The Morgan fingerprint density at radius 1 is 1.17 bits per heavy atom. The molecule has 154 valence electrons. The van der Waals surface area contributed by atoms with Crippen LogP contribution in [0, 0.1) is 0 Å². The summed E-state index contributed by atoms with van der Waals surface area (Å²) in [6.07, 6.45) is 5.77. The number of hydrogen-bond acceptors (Lipinski definition) is 5. The Kier molecular flexibility index (Phi) is 6.31. The van der Waals surface area contributed by atoms with Gasteiger partial charge in [-0.3, -0.25) is 9.59 Å². The lowest BCUT2D eigenvalue weighted by Crippen LogP contribution is -2.57. The van der Waals surface area contributed by atoms with E-state index in [1.165, 1.54) is 6.92 Å². The summed E-state index contributed by atoms with van der Waals surface area (Å²) in [5.74, 6) is -0.902. The number of ether oxygens (including phenoxy) is 1. The van der Waals surface area contributed by atoms with Crippen molar-refractivity contribution in [2.75, 3.05) is 11.9 Å². The third-order valence-corrected chi connectivity index (χ3v) is 5.00. The standard InChI is InChI=1S/C21H26N4O4/c1-3-29-19(27)18-10-13-25(24-18)17-9-7-8-16(14-17)22-20(28)21(23-15(2)26)11-5-4-6-12-21/h7-10,13-14H,3-6,11-12H2,1-2H3,(H,22,28)(H,23,26). The van der Waals surface area contributed by atoms with E-state index in [4.69, 9.17) is 4.74 Å². The number of carbonyl (C=O) groups excluding carboxylic acids is 3. The van der Waals surface area contributed by atoms with E-state index < -0.39 is 11.5 Å². The van der Waals surface area contributed by atoms with E-state index in [1.54, 1.807) is 42.1 Å². The zero-order valence-electron chi connectivity index (χ0n) is 16.7. The molecule has 1 aliphatic rings. The maximum Gasteiger partial charge on any atom is 0.358 e. The number of hydrogen-bond donors (Lipinski definition) is 2. The van der Waals surface area contributed by atoms with Crippen LogP contribution < -0.4 is 10.6 Å². The van der Waals surface area contributed by atoms with E-state index in [0.29, 0.717) is 24.2 Å². The first-order valence-corrected chi connectivity index (χ1v) is 9.87. The molecule has 2 N–H and O–H groups in total. The van der Waals surface area contributed by atoms with Crippen LogP contribution >= 0.6 is 0 Å². The zero-order valence-corrected chi connectivity index (χ0v) is 16.7. The van der Waals surface area contributed by atoms with E-state index in [2.05, 4.69) is 15.7 Å². The van der Waals surface area contributed by atoms with Gasteiger partial charge in [0.1, 0.15) is 5.54 Å². The molecule has 0 bridgehead atoms. The average Bonchev–Trinajstić information content (AvgIpc) is 3.19. The molecule has 1 aromatic heterocycles. The molecule has 29 heavy (non-hydrogen) atoms. The average molecular weight is 398 g/mol. The van der Waals surface area contributed by atoms with Gasteiger partial charge in [0.15, 0.2) is 5.69 Å². The number of nitrogens with zero attached hydrogens (tertiary/aromatic N) is 2. The maximum absolute atomic E-state index is 13.0. The van der Waals surface area contributed by atoms with Crippen LogP contribution in [-0.2, 0) is 14.3 Å². The van der Waals surface area contributed by atoms with E-state index in [0.717, 1.165) is 19.3 Å². The summed E-state index contributed by atoms with van der Waals surface area (Å²) in [7, 11) is 0. The molecule has 1 heterocycles. The third kappa shape index (κ3) is 4.82. The van der Waals surface area contributed by atoms with Gasteiger partial charge in [0.2, 0.25) is 11.8 Å². The normalized spacial score (nSPS) is 15.4.